The maximum atomic E-state index is 13.3. The number of imide groups is 1. The number of ether oxygens (including phenoxy) is 3. The number of hydrogen-bond acceptors (Lipinski definition) is 7. The van der Waals surface area contributed by atoms with Gasteiger partial charge in [0.15, 0.2) is 11.5 Å². The van der Waals surface area contributed by atoms with Gasteiger partial charge in [0.2, 0.25) is 0 Å². The zero-order valence-corrected chi connectivity index (χ0v) is 26.1. The van der Waals surface area contributed by atoms with Gasteiger partial charge in [-0.25, -0.2) is 4.90 Å². The van der Waals surface area contributed by atoms with Crippen LogP contribution in [0.1, 0.15) is 72.1 Å². The first kappa shape index (κ1) is 29.8. The molecule has 2 saturated carbocycles. The summed E-state index contributed by atoms with van der Waals surface area (Å²) in [7, 11) is 1.56. The second kappa shape index (κ2) is 13.2. The molecule has 4 bridgehead atoms. The van der Waals surface area contributed by atoms with E-state index in [0.717, 1.165) is 24.4 Å². The highest BCUT2D eigenvalue weighted by Gasteiger charge is 2.38. The Hall–Kier alpha value is -3.88. The number of fused-ring (bicyclic) bond motifs is 7. The van der Waals surface area contributed by atoms with E-state index in [1.165, 1.54) is 69.4 Å². The van der Waals surface area contributed by atoms with Gasteiger partial charge in [0, 0.05) is 31.2 Å². The Morgan fingerprint density at radius 1 is 0.756 bits per heavy atom. The lowest BCUT2D eigenvalue weighted by Crippen LogP contribution is -2.49. The van der Waals surface area contributed by atoms with Crippen molar-refractivity contribution in [3.8, 4) is 23.0 Å². The summed E-state index contributed by atoms with van der Waals surface area (Å²) in [6.07, 6.45) is 11.2. The van der Waals surface area contributed by atoms with Crippen LogP contribution in [0.3, 0.4) is 0 Å². The predicted molar refractivity (Wildman–Crippen MR) is 174 cm³/mol. The third-order valence-electron chi connectivity index (χ3n) is 10.2. The normalized spacial score (nSPS) is 25.0. The molecule has 45 heavy (non-hydrogen) atoms. The minimum Gasteiger partial charge on any atom is -0.493 e. The summed E-state index contributed by atoms with van der Waals surface area (Å²) in [6.45, 7) is 3.93. The Labute approximate surface area is 265 Å². The summed E-state index contributed by atoms with van der Waals surface area (Å²) in [6, 6.07) is 21.0. The lowest BCUT2D eigenvalue weighted by atomic mass is 9.80. The molecule has 8 nitrogen and oxygen atoms in total. The number of nitrogens with zero attached hydrogens (tertiary/aromatic N) is 2. The van der Waals surface area contributed by atoms with Crippen molar-refractivity contribution in [2.45, 2.75) is 63.5 Å². The monoisotopic (exact) mass is 609 g/mol. The van der Waals surface area contributed by atoms with Gasteiger partial charge in [-0.05, 0) is 112 Å². The zero-order valence-electron chi connectivity index (χ0n) is 26.1. The molecule has 6 fully saturated rings. The molecule has 0 atom stereocenters. The molecule has 5 heterocycles. The summed E-state index contributed by atoms with van der Waals surface area (Å²) >= 11 is 0. The summed E-state index contributed by atoms with van der Waals surface area (Å²) in [4.78, 5) is 30.2. The molecule has 0 radical (unpaired) electrons. The largest absolute Gasteiger partial charge is 0.493 e. The molecule has 2 amide bonds. The van der Waals surface area contributed by atoms with Crippen molar-refractivity contribution < 1.29 is 23.8 Å². The highest BCUT2D eigenvalue weighted by Crippen LogP contribution is 2.38. The van der Waals surface area contributed by atoms with Crippen LogP contribution in [0.2, 0.25) is 0 Å². The van der Waals surface area contributed by atoms with Gasteiger partial charge < -0.3 is 19.5 Å². The zero-order chi connectivity index (χ0) is 30.8. The van der Waals surface area contributed by atoms with Crippen molar-refractivity contribution in [3.63, 3.8) is 0 Å². The van der Waals surface area contributed by atoms with Crippen LogP contribution in [-0.4, -0.2) is 62.1 Å². The summed E-state index contributed by atoms with van der Waals surface area (Å²) in [5.74, 6) is 3.35. The van der Waals surface area contributed by atoms with E-state index in [9.17, 15) is 9.59 Å². The Morgan fingerprint density at radius 2 is 1.51 bits per heavy atom. The van der Waals surface area contributed by atoms with E-state index in [-0.39, 0.29) is 5.91 Å². The number of methoxy groups -OCH3 is 1. The van der Waals surface area contributed by atoms with Gasteiger partial charge in [-0.3, -0.25) is 14.5 Å². The molecule has 236 valence electrons. The lowest BCUT2D eigenvalue weighted by Gasteiger charge is -2.45. The van der Waals surface area contributed by atoms with Crippen LogP contribution in [-0.2, 0) is 0 Å². The predicted octanol–water partition coefficient (Wildman–Crippen LogP) is 6.69. The van der Waals surface area contributed by atoms with Crippen LogP contribution in [0.25, 0.3) is 0 Å². The highest BCUT2D eigenvalue weighted by atomic mass is 16.5. The molecule has 1 N–H and O–H groups in total. The summed E-state index contributed by atoms with van der Waals surface area (Å²) < 4.78 is 17.5. The third kappa shape index (κ3) is 6.44. The van der Waals surface area contributed by atoms with Crippen molar-refractivity contribution in [2.24, 2.45) is 11.8 Å². The number of carbonyl (C=O) groups excluding carboxylic acids is 2. The molecule has 10 rings (SSSR count). The van der Waals surface area contributed by atoms with Gasteiger partial charge in [-0.1, -0.05) is 18.2 Å². The Kier molecular flexibility index (Phi) is 8.77. The molecule has 8 heteroatoms. The van der Waals surface area contributed by atoms with E-state index < -0.39 is 5.91 Å². The van der Waals surface area contributed by atoms with Crippen LogP contribution in [0.5, 0.6) is 23.0 Å². The first-order chi connectivity index (χ1) is 22.1. The lowest BCUT2D eigenvalue weighted by molar-refractivity contribution is 0.0385. The van der Waals surface area contributed by atoms with Crippen LogP contribution < -0.4 is 24.4 Å². The van der Waals surface area contributed by atoms with Gasteiger partial charge in [-0.15, -0.1) is 0 Å². The van der Waals surface area contributed by atoms with Crippen LogP contribution in [0.15, 0.2) is 66.7 Å². The molecule has 0 unspecified atom stereocenters. The number of rotatable bonds is 8. The van der Waals surface area contributed by atoms with Gasteiger partial charge in [0.25, 0.3) is 11.8 Å². The first-order valence-electron chi connectivity index (χ1n) is 16.6. The number of piperidine rings is 4. The van der Waals surface area contributed by atoms with Crippen LogP contribution in [0.4, 0.5) is 5.69 Å². The molecule has 2 aliphatic carbocycles. The van der Waals surface area contributed by atoms with E-state index in [2.05, 4.69) is 10.2 Å². The number of anilines is 1. The average molecular weight is 610 g/mol. The van der Waals surface area contributed by atoms with Gasteiger partial charge in [0.1, 0.15) is 18.1 Å². The number of nitrogens with one attached hydrogen (secondary N) is 1. The maximum absolute atomic E-state index is 13.3. The number of amides is 2. The van der Waals surface area contributed by atoms with E-state index >= 15 is 0 Å². The minimum atomic E-state index is -0.394. The van der Waals surface area contributed by atoms with E-state index in [4.69, 9.17) is 14.2 Å². The fourth-order valence-electron chi connectivity index (χ4n) is 7.68. The Balaban J connectivity index is 0.000000350. The SMILES string of the molecule is C1CC2CCC1CN2.COc1cc(N2C(=O)c3ccc(Oc4ccccc4)cc3C2=O)ccc1OCCN1CC2CCC1CC2. The number of para-hydroxylation sites is 1. The quantitative estimate of drug-likeness (QED) is 0.285. The van der Waals surface area contributed by atoms with Gasteiger partial charge in [-0.2, -0.15) is 0 Å². The fraction of sp³-hybridized carbons (Fsp3) is 0.459. The van der Waals surface area contributed by atoms with Gasteiger partial charge >= 0.3 is 0 Å². The van der Waals surface area contributed by atoms with E-state index in [1.807, 2.05) is 30.3 Å². The molecule has 7 aliphatic rings. The second-order valence-corrected chi connectivity index (χ2v) is 13.0. The third-order valence-corrected chi connectivity index (χ3v) is 10.2. The summed E-state index contributed by atoms with van der Waals surface area (Å²) in [5.41, 5.74) is 1.10. The number of benzene rings is 3. The molecule has 5 aliphatic heterocycles. The molecular weight excluding hydrogens is 566 g/mol. The summed E-state index contributed by atoms with van der Waals surface area (Å²) in [5, 5.41) is 3.52. The fourth-order valence-corrected chi connectivity index (χ4v) is 7.68. The molecule has 0 aromatic heterocycles. The van der Waals surface area contributed by atoms with Crippen LogP contribution in [0, 0.1) is 11.8 Å². The van der Waals surface area contributed by atoms with Crippen molar-refractivity contribution in [3.05, 3.63) is 77.9 Å². The van der Waals surface area contributed by atoms with E-state index in [1.54, 1.807) is 43.5 Å². The Bertz CT molecular complexity index is 1490. The van der Waals surface area contributed by atoms with E-state index in [0.29, 0.717) is 52.5 Å². The molecule has 3 aromatic rings. The van der Waals surface area contributed by atoms with Crippen molar-refractivity contribution in [1.82, 2.24) is 10.2 Å². The highest BCUT2D eigenvalue weighted by molar-refractivity contribution is 6.34. The second-order valence-electron chi connectivity index (χ2n) is 13.0. The minimum absolute atomic E-state index is 0.313. The molecule has 4 saturated heterocycles. The molecule has 0 spiro atoms. The molecular formula is C37H43N3O5. The molecule has 3 aromatic carbocycles. The maximum Gasteiger partial charge on any atom is 0.266 e. The van der Waals surface area contributed by atoms with Crippen LogP contribution >= 0.6 is 0 Å². The first-order valence-corrected chi connectivity index (χ1v) is 16.6. The number of hydrogen-bond donors (Lipinski definition) is 1. The topological polar surface area (TPSA) is 80.3 Å². The average Bonchev–Trinajstić information content (AvgIpc) is 3.35. The smallest absolute Gasteiger partial charge is 0.266 e. The van der Waals surface area contributed by atoms with Crippen molar-refractivity contribution in [1.29, 1.82) is 0 Å². The van der Waals surface area contributed by atoms with Gasteiger partial charge in [0.05, 0.1) is 23.9 Å². The Morgan fingerprint density at radius 3 is 2.13 bits per heavy atom. The standard InChI is InChI=1S/C30H30N2O5.C7H13N/c1-35-28-17-22(11-14-27(28)36-16-15-31-19-20-7-9-21(31)10-8-20)32-29(33)25-13-12-24(18-26(25)30(32)34)37-23-5-3-2-4-6-23;1-3-7-4-2-6(1)5-8-7/h2-6,11-14,17-18,20-21H,7-10,15-16,19H2,1H3;6-8H,1-5H2. The van der Waals surface area contributed by atoms with Crippen molar-refractivity contribution in [2.75, 3.05) is 38.3 Å². The number of carbonyl (C=O) groups is 2. The van der Waals surface area contributed by atoms with Crippen molar-refractivity contribution >= 4 is 17.5 Å².